The Morgan fingerprint density at radius 2 is 2.04 bits per heavy atom. The molecule has 0 aliphatic carbocycles. The highest BCUT2D eigenvalue weighted by atomic mass is 32.2. The third-order valence-electron chi connectivity index (χ3n) is 3.57. The van der Waals surface area contributed by atoms with Crippen molar-refractivity contribution in [1.82, 2.24) is 15.1 Å². The zero-order valence-corrected chi connectivity index (χ0v) is 14.5. The lowest BCUT2D eigenvalue weighted by atomic mass is 10.2. The molecular formula is C17H19N3O3S. The molecule has 0 radical (unpaired) electrons. The molecule has 126 valence electrons. The van der Waals surface area contributed by atoms with Gasteiger partial charge in [0.1, 0.15) is 5.25 Å². The second-order valence-electron chi connectivity index (χ2n) is 5.45. The fourth-order valence-corrected chi connectivity index (χ4v) is 3.20. The first kappa shape index (κ1) is 16.6. The molecular weight excluding hydrogens is 326 g/mol. The van der Waals surface area contributed by atoms with Gasteiger partial charge in [-0.1, -0.05) is 42.4 Å². The lowest BCUT2D eigenvalue weighted by molar-refractivity contribution is 0.373. The van der Waals surface area contributed by atoms with E-state index >= 15 is 0 Å². The van der Waals surface area contributed by atoms with Crippen molar-refractivity contribution in [3.63, 3.8) is 0 Å². The first-order valence-corrected chi connectivity index (χ1v) is 9.25. The lowest BCUT2D eigenvalue weighted by Gasteiger charge is -2.05. The minimum Gasteiger partial charge on any atom is -0.439 e. The fourth-order valence-electron chi connectivity index (χ4n) is 2.24. The average Bonchev–Trinajstić information content (AvgIpc) is 3.25. The van der Waals surface area contributed by atoms with Crippen molar-refractivity contribution in [3.05, 3.63) is 54.1 Å². The number of aromatic nitrogens is 3. The summed E-state index contributed by atoms with van der Waals surface area (Å²) in [5.74, 6) is 2.37. The van der Waals surface area contributed by atoms with Crippen LogP contribution in [0.15, 0.2) is 45.5 Å². The molecule has 2 heterocycles. The third kappa shape index (κ3) is 3.79. The molecule has 3 aromatic rings. The van der Waals surface area contributed by atoms with Crippen LogP contribution in [0.2, 0.25) is 0 Å². The Balaban J connectivity index is 1.68. The summed E-state index contributed by atoms with van der Waals surface area (Å²) in [5, 5.41) is 3.52. The molecule has 6 nitrogen and oxygen atoms in total. The Bertz CT molecular complexity index is 813. The summed E-state index contributed by atoms with van der Waals surface area (Å²) < 4.78 is 23.4. The van der Waals surface area contributed by atoms with E-state index in [2.05, 4.69) is 15.1 Å². The van der Waals surface area contributed by atoms with E-state index in [1.807, 2.05) is 44.2 Å². The van der Waals surface area contributed by atoms with Gasteiger partial charge in [-0.3, -0.25) is 4.21 Å². The summed E-state index contributed by atoms with van der Waals surface area (Å²) in [7, 11) is -1.24. The van der Waals surface area contributed by atoms with Crippen LogP contribution in [0.1, 0.15) is 43.1 Å². The van der Waals surface area contributed by atoms with Gasteiger partial charge in [-0.15, -0.1) is 0 Å². The maximum absolute atomic E-state index is 12.5. The van der Waals surface area contributed by atoms with E-state index in [0.29, 0.717) is 23.4 Å². The van der Waals surface area contributed by atoms with Crippen LogP contribution in [0, 0.1) is 0 Å². The second-order valence-corrected chi connectivity index (χ2v) is 7.21. The van der Waals surface area contributed by atoms with Gasteiger partial charge in [0.05, 0.1) is 11.9 Å². The predicted molar refractivity (Wildman–Crippen MR) is 90.5 cm³/mol. The number of hydrogen-bond donors (Lipinski definition) is 0. The second kappa shape index (κ2) is 7.53. The van der Waals surface area contributed by atoms with Gasteiger partial charge >= 0.3 is 0 Å². The van der Waals surface area contributed by atoms with Crippen molar-refractivity contribution >= 4 is 10.8 Å². The number of nitrogens with zero attached hydrogens (tertiary/aromatic N) is 3. The molecule has 24 heavy (non-hydrogen) atoms. The molecule has 0 N–H and O–H groups in total. The Morgan fingerprint density at radius 3 is 2.79 bits per heavy atom. The standard InChI is InChI=1S/C17H19N3O3S/c1-3-7-16-19-15(20-23-16)11-24(21)12(2)17-18-10-14(22-17)13-8-5-4-6-9-13/h4-6,8-10,12H,3,7,11H2,1-2H3/t12-,24+/m0/s1. The van der Waals surface area contributed by atoms with Crippen LogP contribution in [0.3, 0.4) is 0 Å². The third-order valence-corrected chi connectivity index (χ3v) is 5.10. The minimum atomic E-state index is -1.24. The normalized spacial score (nSPS) is 13.8. The molecule has 2 atom stereocenters. The Labute approximate surface area is 142 Å². The van der Waals surface area contributed by atoms with Crippen LogP contribution in [0.4, 0.5) is 0 Å². The van der Waals surface area contributed by atoms with Crippen molar-refractivity contribution in [2.24, 2.45) is 0 Å². The monoisotopic (exact) mass is 345 g/mol. The number of rotatable bonds is 7. The fraction of sp³-hybridized carbons (Fsp3) is 0.353. The smallest absolute Gasteiger partial charge is 0.226 e. The van der Waals surface area contributed by atoms with E-state index < -0.39 is 10.8 Å². The molecule has 7 heteroatoms. The van der Waals surface area contributed by atoms with E-state index in [4.69, 9.17) is 8.94 Å². The first-order chi connectivity index (χ1) is 11.7. The maximum Gasteiger partial charge on any atom is 0.226 e. The minimum absolute atomic E-state index is 0.220. The van der Waals surface area contributed by atoms with Gasteiger partial charge in [0.25, 0.3) is 0 Å². The van der Waals surface area contributed by atoms with E-state index in [1.165, 1.54) is 0 Å². The lowest BCUT2D eigenvalue weighted by Crippen LogP contribution is -2.06. The van der Waals surface area contributed by atoms with Gasteiger partial charge in [-0.2, -0.15) is 4.98 Å². The molecule has 0 aliphatic rings. The number of benzene rings is 1. The average molecular weight is 345 g/mol. The summed E-state index contributed by atoms with van der Waals surface area (Å²) in [6, 6.07) is 9.70. The van der Waals surface area contributed by atoms with Gasteiger partial charge in [-0.05, 0) is 13.3 Å². The molecule has 0 aliphatic heterocycles. The zero-order chi connectivity index (χ0) is 16.9. The summed E-state index contributed by atoms with van der Waals surface area (Å²) in [6.07, 6.45) is 3.32. The van der Waals surface area contributed by atoms with Crippen molar-refractivity contribution in [3.8, 4) is 11.3 Å². The maximum atomic E-state index is 12.5. The van der Waals surface area contributed by atoms with Gasteiger partial charge in [-0.25, -0.2) is 4.98 Å². The SMILES string of the molecule is CCCc1nc(C[S@@](=O)[C@@H](C)c2ncc(-c3ccccc3)o2)no1. The van der Waals surface area contributed by atoms with Crippen LogP contribution in [0.25, 0.3) is 11.3 Å². The molecule has 0 bridgehead atoms. The summed E-state index contributed by atoms with van der Waals surface area (Å²) in [6.45, 7) is 3.86. The number of oxazole rings is 1. The van der Waals surface area contributed by atoms with E-state index in [0.717, 1.165) is 18.4 Å². The highest BCUT2D eigenvalue weighted by Crippen LogP contribution is 2.26. The quantitative estimate of drug-likeness (QED) is 0.649. The van der Waals surface area contributed by atoms with Crippen LogP contribution in [-0.2, 0) is 23.0 Å². The summed E-state index contributed by atoms with van der Waals surface area (Å²) >= 11 is 0. The molecule has 0 amide bonds. The van der Waals surface area contributed by atoms with Crippen molar-refractivity contribution in [1.29, 1.82) is 0 Å². The highest BCUT2D eigenvalue weighted by Gasteiger charge is 2.21. The van der Waals surface area contributed by atoms with Crippen LogP contribution in [0.5, 0.6) is 0 Å². The van der Waals surface area contributed by atoms with E-state index in [-0.39, 0.29) is 11.0 Å². The van der Waals surface area contributed by atoms with Gasteiger partial charge in [0.15, 0.2) is 11.6 Å². The number of hydrogen-bond acceptors (Lipinski definition) is 6. The summed E-state index contributed by atoms with van der Waals surface area (Å²) in [5.41, 5.74) is 0.941. The molecule has 1 aromatic carbocycles. The Kier molecular flexibility index (Phi) is 5.20. The molecule has 0 spiro atoms. The first-order valence-electron chi connectivity index (χ1n) is 7.87. The van der Waals surface area contributed by atoms with Crippen molar-refractivity contribution in [2.45, 2.75) is 37.7 Å². The molecule has 0 fully saturated rings. The largest absolute Gasteiger partial charge is 0.439 e. The van der Waals surface area contributed by atoms with Crippen molar-refractivity contribution in [2.75, 3.05) is 0 Å². The van der Waals surface area contributed by atoms with Gasteiger partial charge in [0.2, 0.25) is 11.8 Å². The van der Waals surface area contributed by atoms with Crippen LogP contribution >= 0.6 is 0 Å². The van der Waals surface area contributed by atoms with Crippen LogP contribution in [-0.4, -0.2) is 19.3 Å². The van der Waals surface area contributed by atoms with Crippen LogP contribution < -0.4 is 0 Å². The zero-order valence-electron chi connectivity index (χ0n) is 13.6. The topological polar surface area (TPSA) is 82.0 Å². The van der Waals surface area contributed by atoms with Gasteiger partial charge < -0.3 is 8.94 Å². The molecule has 2 aromatic heterocycles. The molecule has 0 unspecified atom stereocenters. The van der Waals surface area contributed by atoms with E-state index in [1.54, 1.807) is 6.20 Å². The van der Waals surface area contributed by atoms with E-state index in [9.17, 15) is 4.21 Å². The predicted octanol–water partition coefficient (Wildman–Crippen LogP) is 3.69. The molecule has 0 saturated carbocycles. The Hall–Kier alpha value is -2.28. The molecule has 3 rings (SSSR count). The summed E-state index contributed by atoms with van der Waals surface area (Å²) in [4.78, 5) is 8.51. The number of aryl methyl sites for hydroxylation is 1. The van der Waals surface area contributed by atoms with Gasteiger partial charge in [0, 0.05) is 22.8 Å². The molecule has 0 saturated heterocycles. The highest BCUT2D eigenvalue weighted by molar-refractivity contribution is 7.84. The van der Waals surface area contributed by atoms with Crippen molar-refractivity contribution < 1.29 is 13.1 Å². The Morgan fingerprint density at radius 1 is 1.25 bits per heavy atom.